The van der Waals surface area contributed by atoms with Crippen molar-refractivity contribution in [2.24, 2.45) is 5.84 Å². The molecule has 42 heavy (non-hydrogen) atoms. The van der Waals surface area contributed by atoms with Crippen LogP contribution >= 0.6 is 0 Å². The number of nitrogens with zero attached hydrogens (tertiary/aromatic N) is 2. The van der Waals surface area contributed by atoms with Crippen LogP contribution in [0.5, 0.6) is 5.75 Å². The lowest BCUT2D eigenvalue weighted by molar-refractivity contribution is -0.130. The number of benzene rings is 4. The number of ether oxygens (including phenoxy) is 1. The van der Waals surface area contributed by atoms with E-state index in [1.54, 1.807) is 36.4 Å². The van der Waals surface area contributed by atoms with Crippen molar-refractivity contribution >= 4 is 17.4 Å². The first-order valence-electron chi connectivity index (χ1n) is 13.7. The molecular weight excluding hydrogens is 528 g/mol. The molecular formula is C34H32N4O4. The van der Waals surface area contributed by atoms with Crippen LogP contribution in [0, 0.1) is 6.92 Å². The Labute approximate surface area is 244 Å². The second kappa shape index (κ2) is 13.4. The summed E-state index contributed by atoms with van der Waals surface area (Å²) in [5, 5.41) is 0.934. The standard InChI is InChI=1S/C34H32N4O4/c1-24-30(36-34(42-24)27-12-6-3-7-13-27)22-23-41-28-19-16-25(17-20-28)18-21-32(39)38(35)37-31-15-9-8-14-29(31)33(40)26-10-4-2-5-11-26/h2-17,19-20,37H,18,21-23,35H2,1H3. The maximum atomic E-state index is 13.0. The Morgan fingerprint density at radius 1 is 0.857 bits per heavy atom. The predicted octanol–water partition coefficient (Wildman–Crippen LogP) is 6.16. The Bertz CT molecular complexity index is 1630. The average Bonchev–Trinajstić information content (AvgIpc) is 3.41. The number of oxazole rings is 1. The van der Waals surface area contributed by atoms with E-state index in [0.29, 0.717) is 42.2 Å². The number of carbonyl (C=O) groups is 2. The molecule has 5 rings (SSSR count). The fourth-order valence-electron chi connectivity index (χ4n) is 4.47. The molecule has 0 aliphatic rings. The van der Waals surface area contributed by atoms with Gasteiger partial charge in [0.25, 0.3) is 5.91 Å². The van der Waals surface area contributed by atoms with E-state index in [2.05, 4.69) is 10.4 Å². The topological polar surface area (TPSA) is 111 Å². The summed E-state index contributed by atoms with van der Waals surface area (Å²) in [6.07, 6.45) is 1.31. The number of carbonyl (C=O) groups excluding carboxylic acids is 2. The number of hydrazine groups is 2. The van der Waals surface area contributed by atoms with Gasteiger partial charge in [-0.05, 0) is 55.3 Å². The first-order valence-corrected chi connectivity index (χ1v) is 13.7. The van der Waals surface area contributed by atoms with E-state index in [9.17, 15) is 9.59 Å². The zero-order chi connectivity index (χ0) is 29.3. The summed E-state index contributed by atoms with van der Waals surface area (Å²) in [5.74, 6) is 7.68. The average molecular weight is 561 g/mol. The van der Waals surface area contributed by atoms with Crippen molar-refractivity contribution in [1.29, 1.82) is 0 Å². The zero-order valence-electron chi connectivity index (χ0n) is 23.3. The zero-order valence-corrected chi connectivity index (χ0v) is 23.3. The molecule has 0 fully saturated rings. The van der Waals surface area contributed by atoms with Gasteiger partial charge in [-0.15, -0.1) is 0 Å². The van der Waals surface area contributed by atoms with E-state index >= 15 is 0 Å². The molecule has 1 heterocycles. The maximum Gasteiger partial charge on any atom is 0.255 e. The summed E-state index contributed by atoms with van der Waals surface area (Å²) in [5.41, 5.74) is 7.10. The highest BCUT2D eigenvalue weighted by Gasteiger charge is 2.17. The Morgan fingerprint density at radius 2 is 1.52 bits per heavy atom. The van der Waals surface area contributed by atoms with E-state index in [1.807, 2.05) is 79.7 Å². The minimum Gasteiger partial charge on any atom is -0.493 e. The predicted molar refractivity (Wildman–Crippen MR) is 162 cm³/mol. The number of para-hydroxylation sites is 1. The number of ketones is 1. The first-order chi connectivity index (χ1) is 20.5. The fraction of sp³-hybridized carbons (Fsp3) is 0.147. The lowest BCUT2D eigenvalue weighted by Gasteiger charge is -2.20. The molecule has 212 valence electrons. The van der Waals surface area contributed by atoms with Crippen LogP contribution < -0.4 is 16.0 Å². The number of nitrogens with two attached hydrogens (primary N) is 1. The highest BCUT2D eigenvalue weighted by molar-refractivity contribution is 6.12. The number of anilines is 1. The van der Waals surface area contributed by atoms with E-state index in [-0.39, 0.29) is 18.1 Å². The molecule has 0 aliphatic heterocycles. The van der Waals surface area contributed by atoms with Crippen molar-refractivity contribution in [3.63, 3.8) is 0 Å². The van der Waals surface area contributed by atoms with Crippen molar-refractivity contribution < 1.29 is 18.7 Å². The largest absolute Gasteiger partial charge is 0.493 e. The van der Waals surface area contributed by atoms with Gasteiger partial charge in [-0.25, -0.2) is 10.8 Å². The maximum absolute atomic E-state index is 13.0. The van der Waals surface area contributed by atoms with Gasteiger partial charge < -0.3 is 9.15 Å². The lowest BCUT2D eigenvalue weighted by Crippen LogP contribution is -2.42. The second-order valence-corrected chi connectivity index (χ2v) is 9.75. The Morgan fingerprint density at radius 3 is 2.26 bits per heavy atom. The summed E-state index contributed by atoms with van der Waals surface area (Å²) >= 11 is 0. The summed E-state index contributed by atoms with van der Waals surface area (Å²) in [7, 11) is 0. The number of aromatic nitrogens is 1. The normalized spacial score (nSPS) is 10.7. The molecule has 1 amide bonds. The number of hydrogen-bond donors (Lipinski definition) is 2. The molecule has 1 aromatic heterocycles. The smallest absolute Gasteiger partial charge is 0.255 e. The van der Waals surface area contributed by atoms with E-state index in [4.69, 9.17) is 15.0 Å². The van der Waals surface area contributed by atoms with Crippen molar-refractivity contribution in [3.8, 4) is 17.2 Å². The van der Waals surface area contributed by atoms with Crippen LogP contribution in [0.4, 0.5) is 5.69 Å². The Kier molecular flexibility index (Phi) is 9.06. The van der Waals surface area contributed by atoms with Gasteiger partial charge in [0.05, 0.1) is 18.0 Å². The number of amides is 1. The molecule has 5 aromatic rings. The summed E-state index contributed by atoms with van der Waals surface area (Å²) in [6, 6.07) is 33.4. The molecule has 0 saturated heterocycles. The third-order valence-electron chi connectivity index (χ3n) is 6.79. The molecule has 0 radical (unpaired) electrons. The first kappa shape index (κ1) is 28.3. The van der Waals surface area contributed by atoms with Crippen LogP contribution in [0.2, 0.25) is 0 Å². The van der Waals surface area contributed by atoms with Crippen LogP contribution in [0.1, 0.15) is 39.4 Å². The van der Waals surface area contributed by atoms with Crippen molar-refractivity contribution in [2.45, 2.75) is 26.2 Å². The molecule has 0 unspecified atom stereocenters. The van der Waals surface area contributed by atoms with Crippen LogP contribution in [-0.4, -0.2) is 28.4 Å². The molecule has 0 aliphatic carbocycles. The quantitative estimate of drug-likeness (QED) is 0.0813. The van der Waals surface area contributed by atoms with Gasteiger partial charge in [-0.2, -0.15) is 5.12 Å². The lowest BCUT2D eigenvalue weighted by atomic mass is 10.0. The van der Waals surface area contributed by atoms with Crippen molar-refractivity contribution in [1.82, 2.24) is 10.1 Å². The SMILES string of the molecule is Cc1oc(-c2ccccc2)nc1CCOc1ccc(CCC(=O)N(N)Nc2ccccc2C(=O)c2ccccc2)cc1. The second-order valence-electron chi connectivity index (χ2n) is 9.75. The Hall–Kier alpha value is -5.21. The molecule has 3 N–H and O–H groups in total. The van der Waals surface area contributed by atoms with E-state index in [0.717, 1.165) is 33.4 Å². The van der Waals surface area contributed by atoms with Gasteiger partial charge in [-0.3, -0.25) is 15.0 Å². The third kappa shape index (κ3) is 7.10. The number of nitrogens with one attached hydrogen (secondary N) is 1. The minimum absolute atomic E-state index is 0.157. The van der Waals surface area contributed by atoms with Gasteiger partial charge in [0.2, 0.25) is 5.89 Å². The van der Waals surface area contributed by atoms with Crippen molar-refractivity contribution in [2.75, 3.05) is 12.0 Å². The highest BCUT2D eigenvalue weighted by atomic mass is 16.5. The van der Waals surface area contributed by atoms with E-state index < -0.39 is 0 Å². The number of hydrogen-bond acceptors (Lipinski definition) is 7. The summed E-state index contributed by atoms with van der Waals surface area (Å²) in [6.45, 7) is 2.37. The molecule has 8 nitrogen and oxygen atoms in total. The van der Waals surface area contributed by atoms with Crippen LogP contribution in [-0.2, 0) is 17.6 Å². The summed E-state index contributed by atoms with van der Waals surface area (Å²) in [4.78, 5) is 30.3. The molecule has 0 spiro atoms. The van der Waals surface area contributed by atoms with Gasteiger partial charge in [0, 0.05) is 29.5 Å². The monoisotopic (exact) mass is 560 g/mol. The Balaban J connectivity index is 1.09. The van der Waals surface area contributed by atoms with Gasteiger partial charge in [-0.1, -0.05) is 72.8 Å². The van der Waals surface area contributed by atoms with E-state index in [1.165, 1.54) is 0 Å². The molecule has 8 heteroatoms. The van der Waals surface area contributed by atoms with Gasteiger partial charge in [0.15, 0.2) is 5.78 Å². The van der Waals surface area contributed by atoms with Crippen molar-refractivity contribution in [3.05, 3.63) is 137 Å². The van der Waals surface area contributed by atoms with Crippen LogP contribution in [0.25, 0.3) is 11.5 Å². The van der Waals surface area contributed by atoms with Gasteiger partial charge >= 0.3 is 0 Å². The van der Waals surface area contributed by atoms with Crippen LogP contribution in [0.15, 0.2) is 114 Å². The summed E-state index contributed by atoms with van der Waals surface area (Å²) < 4.78 is 11.7. The molecule has 0 bridgehead atoms. The highest BCUT2D eigenvalue weighted by Crippen LogP contribution is 2.23. The molecule has 0 atom stereocenters. The fourth-order valence-corrected chi connectivity index (χ4v) is 4.47. The van der Waals surface area contributed by atoms with Crippen LogP contribution in [0.3, 0.4) is 0 Å². The van der Waals surface area contributed by atoms with Gasteiger partial charge in [0.1, 0.15) is 11.5 Å². The molecule has 0 saturated carbocycles. The minimum atomic E-state index is -0.310. The molecule has 4 aromatic carbocycles. The number of aryl methyl sites for hydroxylation is 2. The number of rotatable bonds is 12. The third-order valence-corrected chi connectivity index (χ3v) is 6.79.